The van der Waals surface area contributed by atoms with Gasteiger partial charge in [0, 0.05) is 25.2 Å². The van der Waals surface area contributed by atoms with Crippen LogP contribution in [-0.4, -0.2) is 81.1 Å². The third-order valence-corrected chi connectivity index (χ3v) is 11.1. The molecule has 0 radical (unpaired) electrons. The summed E-state index contributed by atoms with van der Waals surface area (Å²) in [5, 5.41) is 0. The topological polar surface area (TPSA) is 227 Å². The number of thiol groups is 2. The number of fused-ring (bicyclic) bond motifs is 5. The molecule has 8 atom stereocenters. The summed E-state index contributed by atoms with van der Waals surface area (Å²) in [6.07, 6.45) is 2.51. The van der Waals surface area contributed by atoms with E-state index in [0.717, 1.165) is 0 Å². The van der Waals surface area contributed by atoms with Crippen molar-refractivity contribution >= 4 is 72.0 Å². The average Bonchev–Trinajstić information content (AvgIpc) is 3.80. The SMILES string of the molecule is Nc1ncnc2c1ncn2[C@H]1C[C@@H]2OP(=O)(S)OC[C@H]3O[C@@H](n4cnc5c(=O)n6ccnc6[nH]c54)C[C@@H]3OP(=O)(S)OC[C@H]2O1. The quantitative estimate of drug-likeness (QED) is 0.153. The van der Waals surface area contributed by atoms with Crippen molar-refractivity contribution in [3.8, 4) is 0 Å². The number of hydrogen-bond donors (Lipinski definition) is 4. The molecule has 23 heteroatoms. The van der Waals surface area contributed by atoms with Crippen molar-refractivity contribution in [2.24, 2.45) is 0 Å². The summed E-state index contributed by atoms with van der Waals surface area (Å²) in [4.78, 5) is 36.8. The van der Waals surface area contributed by atoms with Crippen LogP contribution >= 0.6 is 38.1 Å². The molecule has 3 N–H and O–H groups in total. The van der Waals surface area contributed by atoms with Gasteiger partial charge < -0.3 is 20.2 Å². The van der Waals surface area contributed by atoms with Crippen LogP contribution in [0.15, 0.2) is 36.2 Å². The monoisotopic (exact) mass is 698 g/mol. The van der Waals surface area contributed by atoms with Crippen LogP contribution in [0.4, 0.5) is 5.82 Å². The fourth-order valence-electron chi connectivity index (χ4n) is 5.72. The third-order valence-electron chi connectivity index (χ3n) is 7.80. The summed E-state index contributed by atoms with van der Waals surface area (Å²) in [6, 6.07) is 0. The van der Waals surface area contributed by atoms with E-state index in [1.54, 1.807) is 9.13 Å². The van der Waals surface area contributed by atoms with Crippen LogP contribution in [0.25, 0.3) is 28.1 Å². The molecule has 3 saturated heterocycles. The first kappa shape index (κ1) is 29.6. The molecule has 0 saturated carbocycles. The highest BCUT2D eigenvalue weighted by Gasteiger charge is 2.47. The predicted molar refractivity (Wildman–Crippen MR) is 161 cm³/mol. The number of ether oxygens (including phenoxy) is 2. The number of imidazole rings is 3. The fourth-order valence-corrected chi connectivity index (χ4v) is 8.77. The van der Waals surface area contributed by atoms with Crippen molar-refractivity contribution in [2.75, 3.05) is 18.9 Å². The molecule has 3 fully saturated rings. The summed E-state index contributed by atoms with van der Waals surface area (Å²) in [6.45, 7) is -8.63. The maximum Gasteiger partial charge on any atom is 0.386 e. The van der Waals surface area contributed by atoms with Crippen LogP contribution in [0.1, 0.15) is 25.3 Å². The van der Waals surface area contributed by atoms with E-state index < -0.39 is 50.5 Å². The van der Waals surface area contributed by atoms with Gasteiger partial charge in [0.1, 0.15) is 54.4 Å². The van der Waals surface area contributed by atoms with Gasteiger partial charge in [-0.15, -0.1) is 0 Å². The van der Waals surface area contributed by atoms with Gasteiger partial charge in [0.2, 0.25) is 5.78 Å². The van der Waals surface area contributed by atoms with Crippen LogP contribution in [0.5, 0.6) is 0 Å². The zero-order valence-corrected chi connectivity index (χ0v) is 26.4. The molecule has 3 aliphatic rings. The minimum absolute atomic E-state index is 0.121. The molecule has 5 aromatic rings. The Morgan fingerprint density at radius 3 is 2.16 bits per heavy atom. The Kier molecular flexibility index (Phi) is 7.14. The zero-order valence-electron chi connectivity index (χ0n) is 22.8. The molecular formula is C22H24N10O9P2S2. The first-order chi connectivity index (χ1) is 21.6. The number of nitrogens with two attached hydrogens (primary N) is 1. The number of nitrogens with zero attached hydrogens (tertiary/aromatic N) is 8. The van der Waals surface area contributed by atoms with Gasteiger partial charge >= 0.3 is 13.6 Å². The van der Waals surface area contributed by atoms with E-state index in [1.807, 2.05) is 0 Å². The standard InChI is InChI=1S/C22H24N10O9P2S2/c23-18-16-19(26-7-25-18)31(8-27-16)14-3-10-12(38-14)5-36-43(35,45)41-11-4-15(39-13(11)6-37-42(34,44)40-10)32-9-28-17-20(32)29-22-24-1-2-30(22)21(17)33/h1-2,7-15H,3-6H2,(H,24,29)(H,34,44)(H,35,45)(H2,23,25,26)/t10-,11-,12+,13+,14+,15+,42?,43?/m0/s1. The van der Waals surface area contributed by atoms with E-state index in [0.29, 0.717) is 22.6 Å². The van der Waals surface area contributed by atoms with E-state index in [9.17, 15) is 13.9 Å². The van der Waals surface area contributed by atoms with E-state index in [2.05, 4.69) is 54.4 Å². The number of hydrogen-bond acceptors (Lipinski definition) is 15. The van der Waals surface area contributed by atoms with Crippen LogP contribution in [0, 0.1) is 0 Å². The number of anilines is 1. The smallest absolute Gasteiger partial charge is 0.382 e. The second-order valence-electron chi connectivity index (χ2n) is 10.5. The highest BCUT2D eigenvalue weighted by Crippen LogP contribution is 2.60. The van der Waals surface area contributed by atoms with Crippen molar-refractivity contribution in [3.63, 3.8) is 0 Å². The number of aromatic nitrogens is 9. The minimum atomic E-state index is -4.02. The van der Waals surface area contributed by atoms with Gasteiger partial charge in [-0.1, -0.05) is 24.5 Å². The van der Waals surface area contributed by atoms with Crippen molar-refractivity contribution in [3.05, 3.63) is 41.7 Å². The molecule has 8 rings (SSSR count). The van der Waals surface area contributed by atoms with Crippen LogP contribution in [0.3, 0.4) is 0 Å². The number of nitrogen functional groups attached to an aromatic ring is 1. The Hall–Kier alpha value is -2.84. The van der Waals surface area contributed by atoms with Gasteiger partial charge in [-0.05, 0) is 0 Å². The number of nitrogens with one attached hydrogen (secondary N) is 1. The van der Waals surface area contributed by atoms with Crippen LogP contribution in [0.2, 0.25) is 0 Å². The summed E-state index contributed by atoms with van der Waals surface area (Å²) < 4.78 is 66.8. The second kappa shape index (κ2) is 10.9. The number of H-pyrrole nitrogens is 1. The highest BCUT2D eigenvalue weighted by atomic mass is 32.7. The lowest BCUT2D eigenvalue weighted by Crippen LogP contribution is -2.31. The third kappa shape index (κ3) is 5.30. The van der Waals surface area contributed by atoms with Crippen molar-refractivity contribution in [2.45, 2.75) is 49.7 Å². The summed E-state index contributed by atoms with van der Waals surface area (Å²) in [7, 11) is 0. The Morgan fingerprint density at radius 2 is 1.47 bits per heavy atom. The second-order valence-corrected chi connectivity index (χ2v) is 16.3. The minimum Gasteiger partial charge on any atom is -0.382 e. The molecule has 2 unspecified atom stereocenters. The van der Waals surface area contributed by atoms with Crippen LogP contribution < -0.4 is 11.3 Å². The predicted octanol–water partition coefficient (Wildman–Crippen LogP) is 2.26. The summed E-state index contributed by atoms with van der Waals surface area (Å²) in [5.41, 5.74) is 6.87. The Labute approximate surface area is 262 Å². The van der Waals surface area contributed by atoms with Crippen LogP contribution in [-0.2, 0) is 36.7 Å². The lowest BCUT2D eigenvalue weighted by atomic mass is 10.2. The Morgan fingerprint density at radius 1 is 0.844 bits per heavy atom. The largest absolute Gasteiger partial charge is 0.386 e. The Balaban J connectivity index is 1.05. The number of aromatic amines is 1. The molecule has 0 spiro atoms. The van der Waals surface area contributed by atoms with Gasteiger partial charge in [0.15, 0.2) is 17.0 Å². The van der Waals surface area contributed by atoms with Gasteiger partial charge in [-0.3, -0.25) is 32.0 Å². The zero-order chi connectivity index (χ0) is 31.1. The number of rotatable bonds is 2. The van der Waals surface area contributed by atoms with E-state index in [1.165, 1.54) is 35.8 Å². The van der Waals surface area contributed by atoms with E-state index in [4.69, 9.17) is 33.3 Å². The fraction of sp³-hybridized carbons (Fsp3) is 0.455. The first-order valence-corrected chi connectivity index (χ1v) is 18.9. The van der Waals surface area contributed by atoms with E-state index >= 15 is 0 Å². The Bertz CT molecular complexity index is 2100. The summed E-state index contributed by atoms with van der Waals surface area (Å²) in [5.74, 6) is 0.512. The molecule has 0 aromatic carbocycles. The molecule has 45 heavy (non-hydrogen) atoms. The molecule has 3 aliphatic heterocycles. The normalized spacial score (nSPS) is 34.5. The van der Waals surface area contributed by atoms with Crippen molar-refractivity contribution < 1.29 is 36.7 Å². The highest BCUT2D eigenvalue weighted by molar-refractivity contribution is 8.44. The molecule has 0 amide bonds. The summed E-state index contributed by atoms with van der Waals surface area (Å²) >= 11 is 8.40. The van der Waals surface area contributed by atoms with Gasteiger partial charge in [0.25, 0.3) is 5.56 Å². The molecule has 5 aromatic heterocycles. The van der Waals surface area contributed by atoms with Crippen molar-refractivity contribution in [1.29, 1.82) is 0 Å². The first-order valence-electron chi connectivity index (χ1n) is 13.5. The maximum absolute atomic E-state index is 13.5. The molecule has 0 aliphatic carbocycles. The molecular weight excluding hydrogens is 674 g/mol. The average molecular weight is 699 g/mol. The molecule has 19 nitrogen and oxygen atoms in total. The van der Waals surface area contributed by atoms with E-state index in [-0.39, 0.29) is 42.9 Å². The van der Waals surface area contributed by atoms with Gasteiger partial charge in [-0.25, -0.2) is 38.5 Å². The van der Waals surface area contributed by atoms with Gasteiger partial charge in [-0.2, -0.15) is 0 Å². The lowest BCUT2D eigenvalue weighted by molar-refractivity contribution is -0.0535. The molecule has 8 heterocycles. The molecule has 0 bridgehead atoms. The van der Waals surface area contributed by atoms with Crippen molar-refractivity contribution in [1.82, 2.24) is 43.4 Å². The van der Waals surface area contributed by atoms with Gasteiger partial charge in [0.05, 0.1) is 25.9 Å². The maximum atomic E-state index is 13.5. The lowest BCUT2D eigenvalue weighted by Gasteiger charge is -2.27. The molecule has 238 valence electrons.